The van der Waals surface area contributed by atoms with Crippen LogP contribution in [0.5, 0.6) is 0 Å². The molecule has 3 aliphatic rings. The molecule has 0 aromatic heterocycles. The summed E-state index contributed by atoms with van der Waals surface area (Å²) in [6, 6.07) is 7.39. The van der Waals surface area contributed by atoms with E-state index in [-0.39, 0.29) is 0 Å². The van der Waals surface area contributed by atoms with Gasteiger partial charge in [-0.05, 0) is 42.2 Å². The lowest BCUT2D eigenvalue weighted by Gasteiger charge is -2.41. The first-order chi connectivity index (χ1) is 8.74. The van der Waals surface area contributed by atoms with Crippen molar-refractivity contribution < 1.29 is 0 Å². The van der Waals surface area contributed by atoms with Gasteiger partial charge in [0.2, 0.25) is 0 Å². The molecule has 1 N–H and O–H groups in total. The second-order valence-corrected chi connectivity index (χ2v) is 6.14. The van der Waals surface area contributed by atoms with Crippen molar-refractivity contribution in [1.29, 1.82) is 0 Å². The molecule has 4 rings (SSSR count). The van der Waals surface area contributed by atoms with Crippen LogP contribution in [0.1, 0.15) is 30.4 Å². The van der Waals surface area contributed by atoms with Crippen molar-refractivity contribution in [3.8, 4) is 0 Å². The predicted molar refractivity (Wildman–Crippen MR) is 75.8 cm³/mol. The molecule has 0 bridgehead atoms. The Labute approximate surface area is 109 Å². The van der Waals surface area contributed by atoms with Crippen LogP contribution in [0, 0.1) is 5.92 Å². The Balaban J connectivity index is 1.92. The van der Waals surface area contributed by atoms with E-state index in [2.05, 4.69) is 48.5 Å². The van der Waals surface area contributed by atoms with Gasteiger partial charge in [-0.3, -0.25) is 4.90 Å². The van der Waals surface area contributed by atoms with Gasteiger partial charge in [-0.1, -0.05) is 25.1 Å². The SMILES string of the molecule is C[C@@H]1C=C2c3cccc4c3[C@@H](CN4)C[C@H]2N(C)C1. The molecule has 0 fully saturated rings. The van der Waals surface area contributed by atoms with Gasteiger partial charge in [0, 0.05) is 30.7 Å². The summed E-state index contributed by atoms with van der Waals surface area (Å²) in [6.07, 6.45) is 3.79. The number of nitrogens with zero attached hydrogens (tertiary/aromatic N) is 1. The maximum Gasteiger partial charge on any atom is 0.0382 e. The molecule has 94 valence electrons. The average molecular weight is 240 g/mol. The Kier molecular flexibility index (Phi) is 2.13. The molecule has 2 heteroatoms. The Bertz CT molecular complexity index is 532. The minimum absolute atomic E-state index is 0.633. The molecule has 0 unspecified atom stereocenters. The van der Waals surface area contributed by atoms with Crippen LogP contribution in [0.3, 0.4) is 0 Å². The number of nitrogens with one attached hydrogen (secondary N) is 1. The van der Waals surface area contributed by atoms with Gasteiger partial charge in [-0.15, -0.1) is 0 Å². The van der Waals surface area contributed by atoms with E-state index in [1.807, 2.05) is 0 Å². The highest BCUT2D eigenvalue weighted by Gasteiger charge is 2.38. The highest BCUT2D eigenvalue weighted by atomic mass is 15.1. The molecule has 1 aliphatic carbocycles. The summed E-state index contributed by atoms with van der Waals surface area (Å²) in [5.41, 5.74) is 6.05. The Morgan fingerprint density at radius 2 is 2.22 bits per heavy atom. The zero-order valence-electron chi connectivity index (χ0n) is 11.1. The largest absolute Gasteiger partial charge is 0.384 e. The number of fused-ring (bicyclic) bond motifs is 2. The quantitative estimate of drug-likeness (QED) is 0.750. The number of hydrogen-bond acceptors (Lipinski definition) is 2. The fourth-order valence-corrected chi connectivity index (χ4v) is 4.08. The van der Waals surface area contributed by atoms with E-state index < -0.39 is 0 Å². The van der Waals surface area contributed by atoms with Crippen LogP contribution >= 0.6 is 0 Å². The first-order valence-corrected chi connectivity index (χ1v) is 7.03. The molecule has 1 aromatic rings. The Hall–Kier alpha value is -1.28. The van der Waals surface area contributed by atoms with Crippen LogP contribution in [0.2, 0.25) is 0 Å². The van der Waals surface area contributed by atoms with Crippen LogP contribution in [0.25, 0.3) is 5.57 Å². The molecule has 2 heterocycles. The van der Waals surface area contributed by atoms with Gasteiger partial charge in [0.25, 0.3) is 0 Å². The van der Waals surface area contributed by atoms with Crippen molar-refractivity contribution >= 4 is 11.3 Å². The highest BCUT2D eigenvalue weighted by molar-refractivity contribution is 5.81. The van der Waals surface area contributed by atoms with E-state index in [0.717, 1.165) is 6.54 Å². The summed E-state index contributed by atoms with van der Waals surface area (Å²) in [5, 5.41) is 3.57. The molecule has 0 saturated carbocycles. The maximum atomic E-state index is 3.57. The summed E-state index contributed by atoms with van der Waals surface area (Å²) in [4.78, 5) is 2.55. The van der Waals surface area contributed by atoms with Crippen LogP contribution in [0.4, 0.5) is 5.69 Å². The lowest BCUT2D eigenvalue weighted by atomic mass is 9.75. The summed E-state index contributed by atoms with van der Waals surface area (Å²) in [5.74, 6) is 1.39. The van der Waals surface area contributed by atoms with Crippen molar-refractivity contribution in [2.45, 2.75) is 25.3 Å². The van der Waals surface area contributed by atoms with E-state index in [9.17, 15) is 0 Å². The molecular weight excluding hydrogens is 220 g/mol. The van der Waals surface area contributed by atoms with Crippen LogP contribution < -0.4 is 5.32 Å². The normalized spacial score (nSPS) is 33.4. The van der Waals surface area contributed by atoms with Crippen molar-refractivity contribution in [3.63, 3.8) is 0 Å². The molecule has 1 aromatic carbocycles. The van der Waals surface area contributed by atoms with Crippen molar-refractivity contribution in [3.05, 3.63) is 35.4 Å². The highest BCUT2D eigenvalue weighted by Crippen LogP contribution is 2.48. The molecule has 0 saturated heterocycles. The van der Waals surface area contributed by atoms with Crippen molar-refractivity contribution in [2.24, 2.45) is 5.92 Å². The zero-order chi connectivity index (χ0) is 12.3. The van der Waals surface area contributed by atoms with Gasteiger partial charge >= 0.3 is 0 Å². The van der Waals surface area contributed by atoms with Crippen LogP contribution in [-0.4, -0.2) is 31.1 Å². The topological polar surface area (TPSA) is 15.3 Å². The van der Waals surface area contributed by atoms with E-state index in [1.165, 1.54) is 24.2 Å². The van der Waals surface area contributed by atoms with Gasteiger partial charge in [0.05, 0.1) is 0 Å². The van der Waals surface area contributed by atoms with Gasteiger partial charge in [0.15, 0.2) is 0 Å². The third-order valence-corrected chi connectivity index (χ3v) is 4.80. The van der Waals surface area contributed by atoms with Crippen LogP contribution in [0.15, 0.2) is 24.3 Å². The summed E-state index contributed by atoms with van der Waals surface area (Å²) in [7, 11) is 2.28. The van der Waals surface area contributed by atoms with Gasteiger partial charge in [-0.2, -0.15) is 0 Å². The molecule has 0 spiro atoms. The van der Waals surface area contributed by atoms with Gasteiger partial charge in [0.1, 0.15) is 0 Å². The number of hydrogen-bond donors (Lipinski definition) is 1. The van der Waals surface area contributed by atoms with E-state index in [4.69, 9.17) is 0 Å². The number of anilines is 1. The standard InChI is InChI=1S/C16H20N2/c1-10-6-13-12-4-3-5-14-16(12)11(8-17-14)7-15(13)18(2)9-10/h3-6,10-11,15,17H,7-9H2,1-2H3/t10-,11-,15-/m1/s1. The molecule has 2 nitrogen and oxygen atoms in total. The first-order valence-electron chi connectivity index (χ1n) is 7.03. The molecule has 18 heavy (non-hydrogen) atoms. The average Bonchev–Trinajstić information content (AvgIpc) is 2.76. The molecule has 0 radical (unpaired) electrons. The molecule has 0 amide bonds. The maximum absolute atomic E-state index is 3.57. The Morgan fingerprint density at radius 3 is 3.11 bits per heavy atom. The third-order valence-electron chi connectivity index (χ3n) is 4.80. The molecule has 3 atom stereocenters. The first kappa shape index (κ1) is 10.6. The molecule has 2 aliphatic heterocycles. The number of rotatable bonds is 0. The van der Waals surface area contributed by atoms with Gasteiger partial charge in [-0.25, -0.2) is 0 Å². The summed E-state index contributed by atoms with van der Waals surface area (Å²) < 4.78 is 0. The van der Waals surface area contributed by atoms with Crippen LogP contribution in [-0.2, 0) is 0 Å². The van der Waals surface area contributed by atoms with E-state index >= 15 is 0 Å². The van der Waals surface area contributed by atoms with Crippen molar-refractivity contribution in [1.82, 2.24) is 4.90 Å². The van der Waals surface area contributed by atoms with Crippen molar-refractivity contribution in [2.75, 3.05) is 25.5 Å². The zero-order valence-corrected chi connectivity index (χ0v) is 11.1. The second kappa shape index (κ2) is 3.61. The lowest BCUT2D eigenvalue weighted by Crippen LogP contribution is -2.42. The fourth-order valence-electron chi connectivity index (χ4n) is 4.08. The molecular formula is C16H20N2. The Morgan fingerprint density at radius 1 is 1.33 bits per heavy atom. The number of likely N-dealkylation sites (N-methyl/N-ethyl adjacent to an activating group) is 1. The lowest BCUT2D eigenvalue weighted by molar-refractivity contribution is 0.233. The minimum atomic E-state index is 0.633. The fraction of sp³-hybridized carbons (Fsp3) is 0.500. The smallest absolute Gasteiger partial charge is 0.0382 e. The monoisotopic (exact) mass is 240 g/mol. The summed E-state index contributed by atoms with van der Waals surface area (Å²) >= 11 is 0. The summed E-state index contributed by atoms with van der Waals surface area (Å²) in [6.45, 7) is 4.65. The third kappa shape index (κ3) is 1.33. The van der Waals surface area contributed by atoms with Gasteiger partial charge < -0.3 is 5.32 Å². The number of benzene rings is 1. The van der Waals surface area contributed by atoms with E-state index in [1.54, 1.807) is 11.1 Å². The van der Waals surface area contributed by atoms with E-state index in [0.29, 0.717) is 17.9 Å². The minimum Gasteiger partial charge on any atom is -0.384 e. The predicted octanol–water partition coefficient (Wildman–Crippen LogP) is 2.93. The second-order valence-electron chi connectivity index (χ2n) is 6.14.